The first-order valence-corrected chi connectivity index (χ1v) is 10.1. The van der Waals surface area contributed by atoms with Crippen molar-refractivity contribution in [3.05, 3.63) is 71.8 Å². The average molecular weight is 426 g/mol. The number of benzene rings is 2. The SMILES string of the molecule is CCNC(=O)N(C)[C@H]1C[C@@H](OC(=O)c2ccccc2)C(COC(=O)c2ccccc2)O1. The third kappa shape index (κ3) is 5.82. The van der Waals surface area contributed by atoms with E-state index in [0.717, 1.165) is 0 Å². The maximum atomic E-state index is 12.5. The standard InChI is InChI=1S/C23H26N2O6/c1-3-24-23(28)25(2)20-14-18(31-22(27)17-12-8-5-9-13-17)19(30-20)15-29-21(26)16-10-6-4-7-11-16/h4-13,18-20H,3,14-15H2,1-2H3,(H,24,28)/t18-,19?,20-/m1/s1. The van der Waals surface area contributed by atoms with Gasteiger partial charge >= 0.3 is 18.0 Å². The highest BCUT2D eigenvalue weighted by molar-refractivity contribution is 5.90. The molecule has 3 rings (SSSR count). The molecule has 31 heavy (non-hydrogen) atoms. The molecule has 2 aromatic carbocycles. The molecule has 1 aliphatic rings. The van der Waals surface area contributed by atoms with Gasteiger partial charge in [0.1, 0.15) is 25.0 Å². The number of ether oxygens (including phenoxy) is 3. The number of esters is 2. The zero-order chi connectivity index (χ0) is 22.2. The van der Waals surface area contributed by atoms with Crippen molar-refractivity contribution in [2.75, 3.05) is 20.2 Å². The minimum Gasteiger partial charge on any atom is -0.459 e. The zero-order valence-corrected chi connectivity index (χ0v) is 17.5. The van der Waals surface area contributed by atoms with Crippen LogP contribution >= 0.6 is 0 Å². The van der Waals surface area contributed by atoms with Crippen LogP contribution in [0.1, 0.15) is 34.1 Å². The van der Waals surface area contributed by atoms with Crippen molar-refractivity contribution in [2.45, 2.75) is 31.8 Å². The van der Waals surface area contributed by atoms with E-state index in [1.807, 2.05) is 6.92 Å². The number of amides is 2. The molecule has 164 valence electrons. The average Bonchev–Trinajstić information content (AvgIpc) is 3.20. The summed E-state index contributed by atoms with van der Waals surface area (Å²) < 4.78 is 17.0. The second kappa shape index (κ2) is 10.6. The van der Waals surface area contributed by atoms with Crippen LogP contribution in [0.2, 0.25) is 0 Å². The van der Waals surface area contributed by atoms with Crippen LogP contribution < -0.4 is 5.32 Å². The Balaban J connectivity index is 1.68. The van der Waals surface area contributed by atoms with E-state index >= 15 is 0 Å². The molecule has 1 heterocycles. The van der Waals surface area contributed by atoms with Crippen LogP contribution in [0.3, 0.4) is 0 Å². The molecular weight excluding hydrogens is 400 g/mol. The summed E-state index contributed by atoms with van der Waals surface area (Å²) in [4.78, 5) is 38.4. The first-order valence-electron chi connectivity index (χ1n) is 10.1. The van der Waals surface area contributed by atoms with Gasteiger partial charge in [0.05, 0.1) is 11.1 Å². The Bertz CT molecular complexity index is 889. The maximum Gasteiger partial charge on any atom is 0.338 e. The van der Waals surface area contributed by atoms with E-state index < -0.39 is 30.4 Å². The molecule has 1 fully saturated rings. The molecule has 0 radical (unpaired) electrons. The van der Waals surface area contributed by atoms with Gasteiger partial charge in [-0.3, -0.25) is 0 Å². The number of hydrogen-bond acceptors (Lipinski definition) is 6. The van der Waals surface area contributed by atoms with Crippen LogP contribution in [0.4, 0.5) is 4.79 Å². The molecule has 0 saturated carbocycles. The van der Waals surface area contributed by atoms with E-state index in [1.54, 1.807) is 67.7 Å². The Labute approximate surface area is 181 Å². The Hall–Kier alpha value is -3.39. The van der Waals surface area contributed by atoms with E-state index in [4.69, 9.17) is 14.2 Å². The van der Waals surface area contributed by atoms with E-state index in [9.17, 15) is 14.4 Å². The summed E-state index contributed by atoms with van der Waals surface area (Å²) >= 11 is 0. The Morgan fingerprint density at radius 3 is 2.16 bits per heavy atom. The predicted octanol–water partition coefficient (Wildman–Crippen LogP) is 2.85. The van der Waals surface area contributed by atoms with Gasteiger partial charge in [-0.2, -0.15) is 0 Å². The summed E-state index contributed by atoms with van der Waals surface area (Å²) in [7, 11) is 1.60. The monoisotopic (exact) mass is 426 g/mol. The summed E-state index contributed by atoms with van der Waals surface area (Å²) in [5.74, 6) is -1.01. The van der Waals surface area contributed by atoms with Crippen molar-refractivity contribution in [2.24, 2.45) is 0 Å². The fourth-order valence-electron chi connectivity index (χ4n) is 3.22. The Morgan fingerprint density at radius 2 is 1.58 bits per heavy atom. The molecule has 8 heteroatoms. The minimum atomic E-state index is -0.706. The number of nitrogens with one attached hydrogen (secondary N) is 1. The van der Waals surface area contributed by atoms with Crippen molar-refractivity contribution in [3.63, 3.8) is 0 Å². The van der Waals surface area contributed by atoms with Crippen LogP contribution in [0, 0.1) is 0 Å². The Kier molecular flexibility index (Phi) is 7.61. The lowest BCUT2D eigenvalue weighted by atomic mass is 10.1. The molecule has 0 aromatic heterocycles. The maximum absolute atomic E-state index is 12.5. The quantitative estimate of drug-likeness (QED) is 0.685. The topological polar surface area (TPSA) is 94.2 Å². The van der Waals surface area contributed by atoms with Crippen LogP contribution in [-0.4, -0.2) is 61.5 Å². The lowest BCUT2D eigenvalue weighted by Gasteiger charge is -2.24. The van der Waals surface area contributed by atoms with Gasteiger partial charge in [0.2, 0.25) is 0 Å². The number of urea groups is 1. The third-order valence-electron chi connectivity index (χ3n) is 4.92. The fraction of sp³-hybridized carbons (Fsp3) is 0.348. The number of carbonyl (C=O) groups is 3. The first kappa shape index (κ1) is 22.3. The van der Waals surface area contributed by atoms with Crippen molar-refractivity contribution >= 4 is 18.0 Å². The van der Waals surface area contributed by atoms with E-state index in [2.05, 4.69) is 5.32 Å². The Morgan fingerprint density at radius 1 is 1.00 bits per heavy atom. The van der Waals surface area contributed by atoms with Gasteiger partial charge in [0, 0.05) is 20.0 Å². The molecule has 1 saturated heterocycles. The third-order valence-corrected chi connectivity index (χ3v) is 4.92. The number of hydrogen-bond donors (Lipinski definition) is 1. The van der Waals surface area contributed by atoms with Gasteiger partial charge in [0.25, 0.3) is 0 Å². The smallest absolute Gasteiger partial charge is 0.338 e. The van der Waals surface area contributed by atoms with Crippen LogP contribution in [0.15, 0.2) is 60.7 Å². The van der Waals surface area contributed by atoms with Gasteiger partial charge in [0.15, 0.2) is 0 Å². The molecule has 2 amide bonds. The zero-order valence-electron chi connectivity index (χ0n) is 17.5. The highest BCUT2D eigenvalue weighted by Crippen LogP contribution is 2.27. The normalized spacial score (nSPS) is 20.0. The van der Waals surface area contributed by atoms with Gasteiger partial charge in [-0.05, 0) is 31.2 Å². The highest BCUT2D eigenvalue weighted by Gasteiger charge is 2.42. The molecule has 0 bridgehead atoms. The summed E-state index contributed by atoms with van der Waals surface area (Å²) in [6.07, 6.45) is -1.75. The highest BCUT2D eigenvalue weighted by atomic mass is 16.6. The van der Waals surface area contributed by atoms with Crippen LogP contribution in [0.25, 0.3) is 0 Å². The van der Waals surface area contributed by atoms with E-state index in [-0.39, 0.29) is 19.1 Å². The van der Waals surface area contributed by atoms with Gasteiger partial charge < -0.3 is 24.4 Å². The summed E-state index contributed by atoms with van der Waals surface area (Å²) in [5.41, 5.74) is 0.817. The molecule has 3 atom stereocenters. The molecule has 0 aliphatic carbocycles. The minimum absolute atomic E-state index is 0.111. The summed E-state index contributed by atoms with van der Waals surface area (Å²) in [5, 5.41) is 2.70. The van der Waals surface area contributed by atoms with Gasteiger partial charge in [-0.15, -0.1) is 0 Å². The predicted molar refractivity (Wildman–Crippen MR) is 112 cm³/mol. The van der Waals surface area contributed by atoms with Gasteiger partial charge in [-0.25, -0.2) is 14.4 Å². The van der Waals surface area contributed by atoms with Crippen molar-refractivity contribution in [1.29, 1.82) is 0 Å². The van der Waals surface area contributed by atoms with E-state index in [0.29, 0.717) is 17.7 Å². The van der Waals surface area contributed by atoms with Crippen molar-refractivity contribution in [1.82, 2.24) is 10.2 Å². The van der Waals surface area contributed by atoms with E-state index in [1.165, 1.54) is 4.90 Å². The van der Waals surface area contributed by atoms with Crippen LogP contribution in [0.5, 0.6) is 0 Å². The molecule has 0 spiro atoms. The molecular formula is C23H26N2O6. The molecule has 8 nitrogen and oxygen atoms in total. The number of rotatable bonds is 7. The van der Waals surface area contributed by atoms with Gasteiger partial charge in [-0.1, -0.05) is 36.4 Å². The molecule has 1 unspecified atom stereocenters. The lowest BCUT2D eigenvalue weighted by molar-refractivity contribution is -0.0670. The fourth-order valence-corrected chi connectivity index (χ4v) is 3.22. The lowest BCUT2D eigenvalue weighted by Crippen LogP contribution is -2.43. The molecule has 1 aliphatic heterocycles. The summed E-state index contributed by atoms with van der Waals surface area (Å²) in [6, 6.07) is 16.9. The second-order valence-electron chi connectivity index (χ2n) is 7.09. The summed E-state index contributed by atoms with van der Waals surface area (Å²) in [6.45, 7) is 2.18. The molecule has 1 N–H and O–H groups in total. The largest absolute Gasteiger partial charge is 0.459 e. The number of nitrogens with zero attached hydrogens (tertiary/aromatic N) is 1. The first-order chi connectivity index (χ1) is 15.0. The van der Waals surface area contributed by atoms with Crippen LogP contribution in [-0.2, 0) is 14.2 Å². The van der Waals surface area contributed by atoms with Crippen molar-refractivity contribution < 1.29 is 28.6 Å². The second-order valence-corrected chi connectivity index (χ2v) is 7.09. The van der Waals surface area contributed by atoms with Crippen molar-refractivity contribution in [3.8, 4) is 0 Å². The number of carbonyl (C=O) groups excluding carboxylic acids is 3. The molecule has 2 aromatic rings.